The molecule has 1 atom stereocenters. The molecule has 0 saturated heterocycles. The molecule has 0 saturated carbocycles. The van der Waals surface area contributed by atoms with Crippen molar-refractivity contribution in [1.82, 2.24) is 14.5 Å². The molecular weight excluding hydrogens is 344 g/mol. The first-order valence-corrected chi connectivity index (χ1v) is 8.98. The minimum Gasteiger partial charge on any atom is -0.292 e. The van der Waals surface area contributed by atoms with Crippen molar-refractivity contribution in [2.24, 2.45) is 0 Å². The van der Waals surface area contributed by atoms with Gasteiger partial charge in [0.2, 0.25) is 0 Å². The summed E-state index contributed by atoms with van der Waals surface area (Å²) < 4.78 is 28.5. The fourth-order valence-electron chi connectivity index (χ4n) is 3.60. The topological polar surface area (TPSA) is 21.1 Å². The van der Waals surface area contributed by atoms with E-state index in [0.717, 1.165) is 4.57 Å². The molecule has 0 N–H and O–H groups in total. The molecule has 0 aliphatic heterocycles. The first-order valence-electron chi connectivity index (χ1n) is 8.98. The van der Waals surface area contributed by atoms with Gasteiger partial charge in [0.1, 0.15) is 5.82 Å². The maximum Gasteiger partial charge on any atom is 0.320 e. The quantitative estimate of drug-likeness (QED) is 0.447. The second-order valence-corrected chi connectivity index (χ2v) is 6.84. The van der Waals surface area contributed by atoms with E-state index in [-0.39, 0.29) is 6.04 Å². The maximum absolute atomic E-state index is 13.8. The Kier molecular flexibility index (Phi) is 4.62. The Hall–Kier alpha value is -2.79. The van der Waals surface area contributed by atoms with Crippen molar-refractivity contribution in [1.29, 1.82) is 0 Å². The second-order valence-electron chi connectivity index (χ2n) is 6.84. The van der Waals surface area contributed by atoms with Crippen molar-refractivity contribution in [3.63, 3.8) is 0 Å². The zero-order chi connectivity index (χ0) is 19.0. The van der Waals surface area contributed by atoms with E-state index in [1.54, 1.807) is 18.2 Å². The van der Waals surface area contributed by atoms with Crippen LogP contribution in [0.15, 0.2) is 66.7 Å². The average molecular weight is 365 g/mol. The van der Waals surface area contributed by atoms with Crippen molar-refractivity contribution >= 4 is 21.8 Å². The molecule has 0 aliphatic carbocycles. The number of para-hydroxylation sites is 2. The molecular formula is C22H21F2N3. The monoisotopic (exact) mass is 365 g/mol. The summed E-state index contributed by atoms with van der Waals surface area (Å²) in [6, 6.07) is 21.2. The summed E-state index contributed by atoms with van der Waals surface area (Å²) in [5, 5.41) is 2.36. The Morgan fingerprint density at radius 2 is 1.67 bits per heavy atom. The minimum atomic E-state index is -2.62. The van der Waals surface area contributed by atoms with Crippen LogP contribution in [-0.4, -0.2) is 21.5 Å². The van der Waals surface area contributed by atoms with Gasteiger partial charge in [-0.2, -0.15) is 8.78 Å². The SMILES string of the molecule is CC(c1nc2ccccc2n1C(F)F)N(C)Cc1cccc2ccccc12. The van der Waals surface area contributed by atoms with Gasteiger partial charge in [0.25, 0.3) is 0 Å². The summed E-state index contributed by atoms with van der Waals surface area (Å²) in [5.41, 5.74) is 2.23. The van der Waals surface area contributed by atoms with Crippen molar-refractivity contribution < 1.29 is 8.78 Å². The Bertz CT molecular complexity index is 1080. The molecule has 4 rings (SSSR count). The molecule has 1 aromatic heterocycles. The van der Waals surface area contributed by atoms with Crippen LogP contribution in [0.4, 0.5) is 8.78 Å². The zero-order valence-electron chi connectivity index (χ0n) is 15.3. The number of alkyl halides is 2. The highest BCUT2D eigenvalue weighted by Crippen LogP contribution is 2.30. The molecule has 0 amide bonds. The van der Waals surface area contributed by atoms with Crippen LogP contribution in [0.5, 0.6) is 0 Å². The van der Waals surface area contributed by atoms with Crippen LogP contribution in [0.25, 0.3) is 21.8 Å². The first-order chi connectivity index (χ1) is 13.1. The van der Waals surface area contributed by atoms with Crippen LogP contribution in [-0.2, 0) is 6.54 Å². The highest BCUT2D eigenvalue weighted by Gasteiger charge is 2.24. The fraction of sp³-hybridized carbons (Fsp3) is 0.227. The molecule has 1 unspecified atom stereocenters. The summed E-state index contributed by atoms with van der Waals surface area (Å²) >= 11 is 0. The Morgan fingerprint density at radius 3 is 2.48 bits per heavy atom. The van der Waals surface area contributed by atoms with E-state index in [4.69, 9.17) is 0 Å². The van der Waals surface area contributed by atoms with Gasteiger partial charge >= 0.3 is 6.55 Å². The van der Waals surface area contributed by atoms with Crippen LogP contribution < -0.4 is 0 Å². The molecule has 27 heavy (non-hydrogen) atoms. The van der Waals surface area contributed by atoms with Crippen LogP contribution in [0.2, 0.25) is 0 Å². The zero-order valence-corrected chi connectivity index (χ0v) is 15.3. The predicted octanol–water partition coefficient (Wildman–Crippen LogP) is 5.78. The van der Waals surface area contributed by atoms with E-state index in [1.165, 1.54) is 16.3 Å². The highest BCUT2D eigenvalue weighted by molar-refractivity contribution is 5.85. The summed E-state index contributed by atoms with van der Waals surface area (Å²) in [6.45, 7) is -0.0546. The van der Waals surface area contributed by atoms with Crippen molar-refractivity contribution in [2.75, 3.05) is 7.05 Å². The van der Waals surface area contributed by atoms with E-state index in [9.17, 15) is 8.78 Å². The number of aromatic nitrogens is 2. The van der Waals surface area contributed by atoms with Crippen LogP contribution in [0.1, 0.15) is 30.9 Å². The van der Waals surface area contributed by atoms with E-state index in [0.29, 0.717) is 23.4 Å². The van der Waals surface area contributed by atoms with E-state index in [1.807, 2.05) is 38.2 Å². The molecule has 0 bridgehead atoms. The molecule has 3 aromatic carbocycles. The summed E-state index contributed by atoms with van der Waals surface area (Å²) in [7, 11) is 1.95. The molecule has 0 spiro atoms. The lowest BCUT2D eigenvalue weighted by molar-refractivity contribution is 0.0657. The van der Waals surface area contributed by atoms with E-state index >= 15 is 0 Å². The third kappa shape index (κ3) is 3.19. The molecule has 0 radical (unpaired) electrons. The van der Waals surface area contributed by atoms with Gasteiger partial charge in [-0.05, 0) is 42.4 Å². The molecule has 0 fully saturated rings. The number of benzene rings is 3. The third-order valence-electron chi connectivity index (χ3n) is 5.15. The van der Waals surface area contributed by atoms with E-state index in [2.05, 4.69) is 34.1 Å². The molecule has 138 valence electrons. The smallest absolute Gasteiger partial charge is 0.292 e. The van der Waals surface area contributed by atoms with Crippen molar-refractivity contribution in [3.05, 3.63) is 78.1 Å². The number of rotatable bonds is 5. The Balaban J connectivity index is 1.69. The van der Waals surface area contributed by atoms with Crippen LogP contribution in [0.3, 0.4) is 0 Å². The molecule has 0 aliphatic rings. The highest BCUT2D eigenvalue weighted by atomic mass is 19.3. The Morgan fingerprint density at radius 1 is 0.963 bits per heavy atom. The standard InChI is InChI=1S/C22H21F2N3/c1-15(21-25-19-12-5-6-13-20(19)27(21)22(23)24)26(2)14-17-10-7-9-16-8-3-4-11-18(16)17/h3-13,15,22H,14H2,1-2H3. The van der Waals surface area contributed by atoms with Gasteiger partial charge < -0.3 is 0 Å². The lowest BCUT2D eigenvalue weighted by atomic mass is 10.0. The minimum absolute atomic E-state index is 0.259. The van der Waals surface area contributed by atoms with Gasteiger partial charge in [-0.25, -0.2) is 4.98 Å². The molecule has 5 heteroatoms. The number of imidazole rings is 1. The molecule has 4 aromatic rings. The molecule has 3 nitrogen and oxygen atoms in total. The number of hydrogen-bond donors (Lipinski definition) is 0. The largest absolute Gasteiger partial charge is 0.320 e. The molecule has 1 heterocycles. The van der Waals surface area contributed by atoms with Gasteiger partial charge in [-0.3, -0.25) is 9.47 Å². The summed E-state index contributed by atoms with van der Waals surface area (Å²) in [6.07, 6.45) is 0. The summed E-state index contributed by atoms with van der Waals surface area (Å²) in [5.74, 6) is 0.383. The van der Waals surface area contributed by atoms with Gasteiger partial charge in [0.05, 0.1) is 17.1 Å². The lowest BCUT2D eigenvalue weighted by Crippen LogP contribution is -2.25. The predicted molar refractivity (Wildman–Crippen MR) is 105 cm³/mol. The lowest BCUT2D eigenvalue weighted by Gasteiger charge is -2.25. The van der Waals surface area contributed by atoms with Crippen LogP contribution >= 0.6 is 0 Å². The number of halogens is 2. The second kappa shape index (κ2) is 7.08. The number of fused-ring (bicyclic) bond motifs is 2. The van der Waals surface area contributed by atoms with E-state index < -0.39 is 6.55 Å². The normalized spacial score (nSPS) is 13.1. The Labute approximate surface area is 156 Å². The van der Waals surface area contributed by atoms with Gasteiger partial charge in [0, 0.05) is 6.54 Å². The van der Waals surface area contributed by atoms with Crippen LogP contribution in [0, 0.1) is 0 Å². The van der Waals surface area contributed by atoms with Crippen molar-refractivity contribution in [2.45, 2.75) is 26.1 Å². The van der Waals surface area contributed by atoms with Gasteiger partial charge in [-0.15, -0.1) is 0 Å². The number of hydrogen-bond acceptors (Lipinski definition) is 2. The van der Waals surface area contributed by atoms with Gasteiger partial charge in [0.15, 0.2) is 0 Å². The fourth-order valence-corrected chi connectivity index (χ4v) is 3.60. The maximum atomic E-state index is 13.8. The first kappa shape index (κ1) is 17.6. The average Bonchev–Trinajstić information content (AvgIpc) is 3.07. The van der Waals surface area contributed by atoms with Gasteiger partial charge in [-0.1, -0.05) is 54.6 Å². The summed E-state index contributed by atoms with van der Waals surface area (Å²) in [4.78, 5) is 6.56. The third-order valence-corrected chi connectivity index (χ3v) is 5.15. The number of nitrogens with zero attached hydrogens (tertiary/aromatic N) is 3. The van der Waals surface area contributed by atoms with Crippen molar-refractivity contribution in [3.8, 4) is 0 Å².